The van der Waals surface area contributed by atoms with Crippen LogP contribution in [0.3, 0.4) is 0 Å². The number of rotatable bonds is 4. The summed E-state index contributed by atoms with van der Waals surface area (Å²) in [4.78, 5) is 60.8. The molecule has 2 aliphatic heterocycles. The van der Waals surface area contributed by atoms with Gasteiger partial charge in [-0.3, -0.25) is 28.9 Å². The monoisotopic (exact) mass is 405 g/mol. The van der Waals surface area contributed by atoms with Crippen molar-refractivity contribution in [2.24, 2.45) is 0 Å². The summed E-state index contributed by atoms with van der Waals surface area (Å²) in [7, 11) is 0. The number of hydrogen-bond donors (Lipinski definition) is 0. The lowest BCUT2D eigenvalue weighted by Crippen LogP contribution is -2.63. The molecule has 2 heterocycles. The lowest BCUT2D eigenvalue weighted by Gasteiger charge is -2.43. The SMILES string of the molecule is CC(=O)O[C@@H]1[C@@H](OC(C)=O)[C@H](N2C(=O)C(=O)c3ccccc32)OC[C@@H]1OC(C)=O. The Balaban J connectivity index is 2.02. The van der Waals surface area contributed by atoms with E-state index in [1.54, 1.807) is 18.2 Å². The summed E-state index contributed by atoms with van der Waals surface area (Å²) in [5.41, 5.74) is 0.450. The minimum atomic E-state index is -1.34. The van der Waals surface area contributed by atoms with Gasteiger partial charge in [0.25, 0.3) is 5.78 Å². The quantitative estimate of drug-likeness (QED) is 0.397. The minimum Gasteiger partial charge on any atom is -0.456 e. The molecule has 0 bridgehead atoms. The molecule has 0 aromatic heterocycles. The van der Waals surface area contributed by atoms with Crippen molar-refractivity contribution in [2.75, 3.05) is 11.5 Å². The van der Waals surface area contributed by atoms with Crippen molar-refractivity contribution in [1.82, 2.24) is 0 Å². The van der Waals surface area contributed by atoms with Crippen LogP contribution in [0.25, 0.3) is 0 Å². The van der Waals surface area contributed by atoms with Crippen molar-refractivity contribution < 1.29 is 42.9 Å². The first kappa shape index (κ1) is 20.5. The van der Waals surface area contributed by atoms with Crippen LogP contribution >= 0.6 is 0 Å². The van der Waals surface area contributed by atoms with Crippen LogP contribution in [0.1, 0.15) is 31.1 Å². The second-order valence-corrected chi connectivity index (χ2v) is 6.54. The number of para-hydroxylation sites is 1. The summed E-state index contributed by atoms with van der Waals surface area (Å²) in [5, 5.41) is 0. The largest absolute Gasteiger partial charge is 0.456 e. The van der Waals surface area contributed by atoms with Gasteiger partial charge in [0.2, 0.25) is 0 Å². The second kappa shape index (κ2) is 8.00. The van der Waals surface area contributed by atoms with Crippen LogP contribution in [0, 0.1) is 0 Å². The molecule has 4 atom stereocenters. The molecule has 0 spiro atoms. The highest BCUT2D eigenvalue weighted by molar-refractivity contribution is 6.52. The van der Waals surface area contributed by atoms with Crippen LogP contribution in [0.5, 0.6) is 0 Å². The molecule has 2 aliphatic rings. The van der Waals surface area contributed by atoms with Crippen molar-refractivity contribution in [2.45, 2.75) is 45.3 Å². The summed E-state index contributed by atoms with van der Waals surface area (Å²) >= 11 is 0. The number of carbonyl (C=O) groups is 5. The first-order valence-corrected chi connectivity index (χ1v) is 8.81. The molecule has 1 fully saturated rings. The number of ketones is 1. The number of Topliss-reactive ketones (excluding diaryl/α,β-unsaturated/α-hetero) is 1. The fourth-order valence-electron chi connectivity index (χ4n) is 3.41. The number of anilines is 1. The standard InChI is InChI=1S/C19H19NO9/c1-9(21)27-14-8-26-19(17(29-11(3)23)16(14)28-10(2)22)20-13-7-5-4-6-12(13)15(24)18(20)25/h4-7,14,16-17,19H,8H2,1-3H3/t14-,16-,17+,19+/m0/s1. The Morgan fingerprint density at radius 1 is 0.931 bits per heavy atom. The minimum absolute atomic E-state index is 0.175. The summed E-state index contributed by atoms with van der Waals surface area (Å²) in [6.45, 7) is 3.18. The number of amides is 1. The summed E-state index contributed by atoms with van der Waals surface area (Å²) in [5.74, 6) is -3.73. The van der Waals surface area contributed by atoms with Crippen LogP contribution < -0.4 is 4.90 Å². The van der Waals surface area contributed by atoms with Gasteiger partial charge < -0.3 is 18.9 Å². The Kier molecular flexibility index (Phi) is 5.64. The van der Waals surface area contributed by atoms with Gasteiger partial charge in [0.15, 0.2) is 24.5 Å². The molecule has 1 amide bonds. The Bertz CT molecular complexity index is 880. The summed E-state index contributed by atoms with van der Waals surface area (Å²) < 4.78 is 21.4. The number of carbonyl (C=O) groups excluding carboxylic acids is 5. The zero-order chi connectivity index (χ0) is 21.3. The van der Waals surface area contributed by atoms with E-state index in [1.807, 2.05) is 0 Å². The summed E-state index contributed by atoms with van der Waals surface area (Å²) in [6, 6.07) is 6.28. The van der Waals surface area contributed by atoms with Crippen molar-refractivity contribution in [3.05, 3.63) is 29.8 Å². The molecule has 10 heteroatoms. The van der Waals surface area contributed by atoms with E-state index in [-0.39, 0.29) is 17.9 Å². The van der Waals surface area contributed by atoms with Crippen LogP contribution in [0.15, 0.2) is 24.3 Å². The van der Waals surface area contributed by atoms with Gasteiger partial charge in [-0.2, -0.15) is 0 Å². The fraction of sp³-hybridized carbons (Fsp3) is 0.421. The van der Waals surface area contributed by atoms with E-state index < -0.39 is 54.1 Å². The van der Waals surface area contributed by atoms with Crippen molar-refractivity contribution in [3.63, 3.8) is 0 Å². The molecule has 0 aliphatic carbocycles. The smallest absolute Gasteiger partial charge is 0.303 e. The normalized spacial score (nSPS) is 26.0. The molecule has 10 nitrogen and oxygen atoms in total. The number of ether oxygens (including phenoxy) is 4. The predicted octanol–water partition coefficient (Wildman–Crippen LogP) is 0.367. The van der Waals surface area contributed by atoms with Crippen LogP contribution in [-0.4, -0.2) is 60.7 Å². The lowest BCUT2D eigenvalue weighted by atomic mass is 10.0. The highest BCUT2D eigenvalue weighted by Gasteiger charge is 2.53. The third kappa shape index (κ3) is 3.97. The highest BCUT2D eigenvalue weighted by atomic mass is 16.6. The van der Waals surface area contributed by atoms with E-state index in [0.29, 0.717) is 0 Å². The lowest BCUT2D eigenvalue weighted by molar-refractivity contribution is -0.225. The van der Waals surface area contributed by atoms with E-state index in [1.165, 1.54) is 6.07 Å². The second-order valence-electron chi connectivity index (χ2n) is 6.54. The van der Waals surface area contributed by atoms with Gasteiger partial charge in [-0.1, -0.05) is 12.1 Å². The molecule has 1 aromatic carbocycles. The number of fused-ring (bicyclic) bond motifs is 1. The first-order chi connectivity index (χ1) is 13.7. The molecule has 0 unspecified atom stereocenters. The van der Waals surface area contributed by atoms with Gasteiger partial charge in [0.05, 0.1) is 17.9 Å². The molecule has 1 aromatic rings. The van der Waals surface area contributed by atoms with Crippen molar-refractivity contribution >= 4 is 35.3 Å². The summed E-state index contributed by atoms with van der Waals surface area (Å²) in [6.07, 6.45) is -4.91. The molecule has 0 saturated carbocycles. The van der Waals surface area contributed by atoms with E-state index in [4.69, 9.17) is 18.9 Å². The van der Waals surface area contributed by atoms with Gasteiger partial charge in [-0.15, -0.1) is 0 Å². The Morgan fingerprint density at radius 3 is 2.14 bits per heavy atom. The van der Waals surface area contributed by atoms with E-state index >= 15 is 0 Å². The van der Waals surface area contributed by atoms with E-state index in [9.17, 15) is 24.0 Å². The maximum Gasteiger partial charge on any atom is 0.303 e. The Morgan fingerprint density at radius 2 is 1.52 bits per heavy atom. The van der Waals surface area contributed by atoms with Crippen LogP contribution in [0.2, 0.25) is 0 Å². The van der Waals surface area contributed by atoms with Crippen LogP contribution in [-0.2, 0) is 38.1 Å². The number of esters is 3. The van der Waals surface area contributed by atoms with Crippen LogP contribution in [0.4, 0.5) is 5.69 Å². The Labute approximate surface area is 165 Å². The Hall–Kier alpha value is -3.27. The van der Waals surface area contributed by atoms with Gasteiger partial charge in [-0.05, 0) is 12.1 Å². The maximum absolute atomic E-state index is 12.6. The number of hydrogen-bond acceptors (Lipinski definition) is 9. The topological polar surface area (TPSA) is 126 Å². The first-order valence-electron chi connectivity index (χ1n) is 8.81. The molecule has 3 rings (SSSR count). The molecule has 154 valence electrons. The molecule has 1 saturated heterocycles. The molecule has 0 N–H and O–H groups in total. The third-order valence-electron chi connectivity index (χ3n) is 4.40. The van der Waals surface area contributed by atoms with Crippen molar-refractivity contribution in [1.29, 1.82) is 0 Å². The number of benzene rings is 1. The van der Waals surface area contributed by atoms with E-state index in [0.717, 1.165) is 25.7 Å². The zero-order valence-corrected chi connectivity index (χ0v) is 15.9. The van der Waals surface area contributed by atoms with Crippen molar-refractivity contribution in [3.8, 4) is 0 Å². The van der Waals surface area contributed by atoms with Gasteiger partial charge in [0, 0.05) is 20.8 Å². The molecule has 29 heavy (non-hydrogen) atoms. The fourth-order valence-corrected chi connectivity index (χ4v) is 3.41. The molecular weight excluding hydrogens is 386 g/mol. The zero-order valence-electron chi connectivity index (χ0n) is 15.9. The molecular formula is C19H19NO9. The van der Waals surface area contributed by atoms with Gasteiger partial charge in [-0.25, -0.2) is 0 Å². The predicted molar refractivity (Wildman–Crippen MR) is 94.7 cm³/mol. The highest BCUT2D eigenvalue weighted by Crippen LogP contribution is 2.35. The van der Waals surface area contributed by atoms with E-state index in [2.05, 4.69) is 0 Å². The van der Waals surface area contributed by atoms with Gasteiger partial charge in [0.1, 0.15) is 0 Å². The number of nitrogens with zero attached hydrogens (tertiary/aromatic N) is 1. The maximum atomic E-state index is 12.6. The third-order valence-corrected chi connectivity index (χ3v) is 4.40. The van der Waals surface area contributed by atoms with Gasteiger partial charge >= 0.3 is 23.8 Å². The molecule has 0 radical (unpaired) electrons. The average Bonchev–Trinajstić information content (AvgIpc) is 2.88. The average molecular weight is 405 g/mol.